The van der Waals surface area contributed by atoms with Crippen LogP contribution in [0.4, 0.5) is 8.78 Å². The first kappa shape index (κ1) is 36.7. The molecule has 0 radical (unpaired) electrons. The Morgan fingerprint density at radius 3 is 2.33 bits per heavy atom. The van der Waals surface area contributed by atoms with Crippen LogP contribution in [-0.2, 0) is 22.7 Å². The second-order valence-electron chi connectivity index (χ2n) is 13.3. The molecule has 0 saturated carbocycles. The first-order chi connectivity index (χ1) is 26.2. The zero-order valence-electron chi connectivity index (χ0n) is 30.1. The Bertz CT molecular complexity index is 2380. The van der Waals surface area contributed by atoms with Crippen LogP contribution in [0.2, 0.25) is 0 Å². The number of nitriles is 1. The summed E-state index contributed by atoms with van der Waals surface area (Å²) in [5, 5.41) is 22.5. The first-order valence-electron chi connectivity index (χ1n) is 17.8. The number of nitrogens with zero attached hydrogens (tertiary/aromatic N) is 4. The molecule has 278 valence electrons. The van der Waals surface area contributed by atoms with Gasteiger partial charge in [-0.1, -0.05) is 31.2 Å². The number of carbonyl (C=O) groups is 1. The number of aromatic nitrogens is 2. The number of alkyl halides is 2. The number of likely N-dealkylation sites (N-methyl/N-ethyl adjacent to an activating group) is 1. The standard InChI is InChI=1S/C41H39F2N5O6/c1-4-48(14-15-49)21-25-16-26(20-44)37-34(17-25)47-39(54-37)31-11-6-9-29(24(31)3)28-8-5-10-30(23(28)2)38-46-33-18-27(22-51-40(50)32-12-7-13-45-32)35(53-41(42)43)19-36(33)52-38/h5-6,8-11,16-19,32,41,45,49H,4,7,12-15,21-22H2,1-3H3/t32-/m0/s1. The van der Waals surface area contributed by atoms with Gasteiger partial charge in [0.1, 0.15) is 35.5 Å². The third-order valence-electron chi connectivity index (χ3n) is 9.86. The van der Waals surface area contributed by atoms with Crippen molar-refractivity contribution in [3.8, 4) is 45.9 Å². The SMILES string of the molecule is CCN(CCO)Cc1cc(C#N)c2oc(-c3cccc(-c4cccc(-c5nc6cc(COC(=O)[C@@H]7CCCN7)c(OC(F)F)cc6o5)c4C)c3C)nc2c1. The van der Waals surface area contributed by atoms with Gasteiger partial charge in [-0.25, -0.2) is 9.97 Å². The molecule has 1 aliphatic rings. The maximum absolute atomic E-state index is 13.4. The Morgan fingerprint density at radius 2 is 1.70 bits per heavy atom. The normalized spacial score (nSPS) is 14.4. The number of hydrogen-bond acceptors (Lipinski definition) is 11. The summed E-state index contributed by atoms with van der Waals surface area (Å²) in [6, 6.07) is 20.0. The van der Waals surface area contributed by atoms with E-state index in [9.17, 15) is 23.9 Å². The van der Waals surface area contributed by atoms with Gasteiger partial charge < -0.3 is 28.7 Å². The van der Waals surface area contributed by atoms with Crippen LogP contribution >= 0.6 is 0 Å². The van der Waals surface area contributed by atoms with Gasteiger partial charge in [0, 0.05) is 35.8 Å². The quantitative estimate of drug-likeness (QED) is 0.113. The molecule has 13 heteroatoms. The minimum Gasteiger partial charge on any atom is -0.460 e. The van der Waals surface area contributed by atoms with E-state index in [-0.39, 0.29) is 36.0 Å². The largest absolute Gasteiger partial charge is 0.460 e. The minimum atomic E-state index is -3.09. The molecule has 7 rings (SSSR count). The third kappa shape index (κ3) is 7.41. The number of aliphatic hydroxyl groups excluding tert-OH is 1. The van der Waals surface area contributed by atoms with Gasteiger partial charge in [0.05, 0.1) is 12.2 Å². The number of carbonyl (C=O) groups excluding carboxylic acids is 1. The second-order valence-corrected chi connectivity index (χ2v) is 13.3. The van der Waals surface area contributed by atoms with E-state index in [0.717, 1.165) is 46.3 Å². The molecule has 0 amide bonds. The van der Waals surface area contributed by atoms with Gasteiger partial charge >= 0.3 is 12.6 Å². The summed E-state index contributed by atoms with van der Waals surface area (Å²) in [4.78, 5) is 24.1. The van der Waals surface area contributed by atoms with Crippen LogP contribution in [0.1, 0.15) is 47.6 Å². The van der Waals surface area contributed by atoms with Gasteiger partial charge in [-0.05, 0) is 97.9 Å². The Hall–Kier alpha value is -5.68. The summed E-state index contributed by atoms with van der Waals surface area (Å²) in [6.07, 6.45) is 1.51. The smallest absolute Gasteiger partial charge is 0.387 e. The number of hydrogen-bond donors (Lipinski definition) is 2. The van der Waals surface area contributed by atoms with Gasteiger partial charge in [-0.3, -0.25) is 9.69 Å². The van der Waals surface area contributed by atoms with Crippen LogP contribution < -0.4 is 10.1 Å². The predicted molar refractivity (Wildman–Crippen MR) is 198 cm³/mol. The Labute approximate surface area is 310 Å². The molecule has 1 saturated heterocycles. The molecule has 4 aromatic carbocycles. The summed E-state index contributed by atoms with van der Waals surface area (Å²) >= 11 is 0. The van der Waals surface area contributed by atoms with E-state index in [4.69, 9.17) is 28.3 Å². The van der Waals surface area contributed by atoms with Gasteiger partial charge in [-0.15, -0.1) is 0 Å². The number of oxazole rings is 2. The van der Waals surface area contributed by atoms with E-state index in [1.807, 2.05) is 63.2 Å². The topological polar surface area (TPSA) is 147 Å². The lowest BCUT2D eigenvalue weighted by molar-refractivity contribution is -0.147. The number of nitrogens with one attached hydrogen (secondary N) is 1. The van der Waals surface area contributed by atoms with Crippen molar-refractivity contribution >= 4 is 28.2 Å². The minimum absolute atomic E-state index is 0.0430. The van der Waals surface area contributed by atoms with E-state index < -0.39 is 18.6 Å². The summed E-state index contributed by atoms with van der Waals surface area (Å²) < 4.78 is 49.4. The number of aliphatic hydroxyl groups is 1. The molecule has 0 unspecified atom stereocenters. The molecule has 0 aliphatic carbocycles. The van der Waals surface area contributed by atoms with Gasteiger partial charge in [0.25, 0.3) is 0 Å². The van der Waals surface area contributed by atoms with E-state index in [0.29, 0.717) is 59.7 Å². The lowest BCUT2D eigenvalue weighted by Gasteiger charge is -2.19. The van der Waals surface area contributed by atoms with E-state index in [1.54, 1.807) is 6.07 Å². The van der Waals surface area contributed by atoms with Crippen LogP contribution in [0.25, 0.3) is 56.2 Å². The van der Waals surface area contributed by atoms with Crippen molar-refractivity contribution in [3.63, 3.8) is 0 Å². The van der Waals surface area contributed by atoms with Crippen LogP contribution in [0, 0.1) is 25.2 Å². The van der Waals surface area contributed by atoms with E-state index >= 15 is 0 Å². The van der Waals surface area contributed by atoms with Gasteiger partial charge in [-0.2, -0.15) is 14.0 Å². The first-order valence-corrected chi connectivity index (χ1v) is 17.8. The third-order valence-corrected chi connectivity index (χ3v) is 9.86. The van der Waals surface area contributed by atoms with Crippen LogP contribution in [0.5, 0.6) is 5.75 Å². The Balaban J connectivity index is 1.21. The average molecular weight is 736 g/mol. The fraction of sp³-hybridized carbons (Fsp3) is 0.317. The molecule has 11 nitrogen and oxygen atoms in total. The molecule has 0 spiro atoms. The monoisotopic (exact) mass is 735 g/mol. The van der Waals surface area contributed by atoms with Crippen molar-refractivity contribution in [2.45, 2.75) is 59.4 Å². The average Bonchev–Trinajstić information content (AvgIpc) is 3.94. The van der Waals surface area contributed by atoms with Crippen molar-refractivity contribution in [1.29, 1.82) is 5.26 Å². The molecular weight excluding hydrogens is 696 g/mol. The van der Waals surface area contributed by atoms with Gasteiger partial charge in [0.2, 0.25) is 11.8 Å². The maximum atomic E-state index is 13.4. The highest BCUT2D eigenvalue weighted by Gasteiger charge is 2.25. The fourth-order valence-electron chi connectivity index (χ4n) is 7.01. The molecule has 1 fully saturated rings. The van der Waals surface area contributed by atoms with Crippen LogP contribution in [-0.4, -0.2) is 64.8 Å². The highest BCUT2D eigenvalue weighted by Crippen LogP contribution is 2.39. The number of ether oxygens (including phenoxy) is 2. The molecule has 1 atom stereocenters. The second kappa shape index (κ2) is 15.7. The summed E-state index contributed by atoms with van der Waals surface area (Å²) in [6.45, 7) is 5.20. The number of esters is 1. The molecule has 6 aromatic rings. The van der Waals surface area contributed by atoms with Crippen molar-refractivity contribution in [1.82, 2.24) is 20.2 Å². The fourth-order valence-corrected chi connectivity index (χ4v) is 7.01. The number of rotatable bonds is 13. The summed E-state index contributed by atoms with van der Waals surface area (Å²) in [5.41, 5.74) is 8.21. The molecule has 2 aromatic heterocycles. The maximum Gasteiger partial charge on any atom is 0.387 e. The molecular formula is C41H39F2N5O6. The zero-order chi connectivity index (χ0) is 37.9. The van der Waals surface area contributed by atoms with E-state index in [2.05, 4.69) is 16.3 Å². The van der Waals surface area contributed by atoms with Crippen molar-refractivity contribution in [3.05, 3.63) is 88.5 Å². The predicted octanol–water partition coefficient (Wildman–Crippen LogP) is 7.67. The van der Waals surface area contributed by atoms with Crippen LogP contribution in [0.3, 0.4) is 0 Å². The number of halogens is 2. The Kier molecular flexibility index (Phi) is 10.7. The highest BCUT2D eigenvalue weighted by atomic mass is 19.3. The van der Waals surface area contributed by atoms with Crippen molar-refractivity contribution in [2.24, 2.45) is 0 Å². The number of fused-ring (bicyclic) bond motifs is 2. The molecule has 3 heterocycles. The lowest BCUT2D eigenvalue weighted by Crippen LogP contribution is -2.32. The van der Waals surface area contributed by atoms with Crippen molar-refractivity contribution in [2.75, 3.05) is 26.2 Å². The molecule has 1 aliphatic heterocycles. The number of benzene rings is 4. The van der Waals surface area contributed by atoms with Crippen molar-refractivity contribution < 1.29 is 37.0 Å². The zero-order valence-corrected chi connectivity index (χ0v) is 30.1. The molecule has 54 heavy (non-hydrogen) atoms. The molecule has 2 N–H and O–H groups in total. The summed E-state index contributed by atoms with van der Waals surface area (Å²) in [7, 11) is 0. The lowest BCUT2D eigenvalue weighted by atomic mass is 9.91. The Morgan fingerprint density at radius 1 is 1.02 bits per heavy atom. The van der Waals surface area contributed by atoms with Gasteiger partial charge in [0.15, 0.2) is 11.2 Å². The molecule has 0 bridgehead atoms. The summed E-state index contributed by atoms with van der Waals surface area (Å²) in [5.74, 6) is 0.0579. The van der Waals surface area contributed by atoms with Crippen LogP contribution in [0.15, 0.2) is 69.5 Å². The van der Waals surface area contributed by atoms with E-state index in [1.165, 1.54) is 12.1 Å². The highest BCUT2D eigenvalue weighted by molar-refractivity contribution is 5.86.